The summed E-state index contributed by atoms with van der Waals surface area (Å²) in [5, 5.41) is 4.01. The van der Waals surface area contributed by atoms with Crippen LogP contribution in [0.1, 0.15) is 11.1 Å². The SMILES string of the molecule is CNCc1ccccc1-c1ccc(C)c(Cl)c1. The molecule has 0 bridgehead atoms. The Morgan fingerprint density at radius 1 is 1.12 bits per heavy atom. The minimum Gasteiger partial charge on any atom is -0.316 e. The first-order valence-corrected chi connectivity index (χ1v) is 6.09. The van der Waals surface area contributed by atoms with Gasteiger partial charge in [0.15, 0.2) is 0 Å². The lowest BCUT2D eigenvalue weighted by Crippen LogP contribution is -2.06. The number of aryl methyl sites for hydroxylation is 1. The Labute approximate surface area is 107 Å². The summed E-state index contributed by atoms with van der Waals surface area (Å²) >= 11 is 6.18. The molecular weight excluding hydrogens is 230 g/mol. The van der Waals surface area contributed by atoms with Crippen LogP contribution in [0.3, 0.4) is 0 Å². The van der Waals surface area contributed by atoms with Crippen LogP contribution in [0.4, 0.5) is 0 Å². The summed E-state index contributed by atoms with van der Waals surface area (Å²) < 4.78 is 0. The van der Waals surface area contributed by atoms with Crippen molar-refractivity contribution in [2.24, 2.45) is 0 Å². The average Bonchev–Trinajstić information content (AvgIpc) is 2.34. The highest BCUT2D eigenvalue weighted by Gasteiger charge is 2.05. The summed E-state index contributed by atoms with van der Waals surface area (Å²) in [7, 11) is 1.96. The van der Waals surface area contributed by atoms with Crippen LogP contribution in [0.15, 0.2) is 42.5 Å². The Balaban J connectivity index is 2.48. The molecule has 88 valence electrons. The van der Waals surface area contributed by atoms with Crippen LogP contribution in [0.5, 0.6) is 0 Å². The molecule has 0 aliphatic heterocycles. The number of nitrogens with one attached hydrogen (secondary N) is 1. The number of hydrogen-bond acceptors (Lipinski definition) is 1. The van der Waals surface area contributed by atoms with E-state index in [-0.39, 0.29) is 0 Å². The molecule has 0 atom stereocenters. The third kappa shape index (κ3) is 2.68. The first-order valence-electron chi connectivity index (χ1n) is 5.71. The first-order chi connectivity index (χ1) is 8.22. The Morgan fingerprint density at radius 2 is 1.88 bits per heavy atom. The normalized spacial score (nSPS) is 10.5. The van der Waals surface area contributed by atoms with Crippen molar-refractivity contribution in [3.8, 4) is 11.1 Å². The van der Waals surface area contributed by atoms with E-state index in [1.54, 1.807) is 0 Å². The summed E-state index contributed by atoms with van der Waals surface area (Å²) in [6.07, 6.45) is 0. The Hall–Kier alpha value is -1.31. The van der Waals surface area contributed by atoms with E-state index in [0.29, 0.717) is 0 Å². The van der Waals surface area contributed by atoms with Crippen molar-refractivity contribution in [3.63, 3.8) is 0 Å². The van der Waals surface area contributed by atoms with Crippen LogP contribution in [0.25, 0.3) is 11.1 Å². The van der Waals surface area contributed by atoms with Crippen molar-refractivity contribution in [2.45, 2.75) is 13.5 Å². The average molecular weight is 246 g/mol. The predicted octanol–water partition coefficient (Wildman–Crippen LogP) is 4.03. The van der Waals surface area contributed by atoms with E-state index >= 15 is 0 Å². The van der Waals surface area contributed by atoms with Gasteiger partial charge in [-0.3, -0.25) is 0 Å². The maximum atomic E-state index is 6.18. The second-order valence-electron chi connectivity index (χ2n) is 4.15. The zero-order chi connectivity index (χ0) is 12.3. The molecule has 0 saturated heterocycles. The van der Waals surface area contributed by atoms with Gasteiger partial charge in [0.25, 0.3) is 0 Å². The highest BCUT2D eigenvalue weighted by atomic mass is 35.5. The van der Waals surface area contributed by atoms with Crippen molar-refractivity contribution in [2.75, 3.05) is 7.05 Å². The van der Waals surface area contributed by atoms with Crippen LogP contribution < -0.4 is 5.32 Å². The van der Waals surface area contributed by atoms with Crippen LogP contribution in [0.2, 0.25) is 5.02 Å². The van der Waals surface area contributed by atoms with Gasteiger partial charge < -0.3 is 5.32 Å². The second kappa shape index (κ2) is 5.35. The lowest BCUT2D eigenvalue weighted by molar-refractivity contribution is 0.819. The van der Waals surface area contributed by atoms with Crippen molar-refractivity contribution in [3.05, 3.63) is 58.6 Å². The molecule has 0 unspecified atom stereocenters. The summed E-state index contributed by atoms with van der Waals surface area (Å²) in [6.45, 7) is 2.88. The molecule has 0 radical (unpaired) electrons. The molecule has 0 aliphatic carbocycles. The fourth-order valence-electron chi connectivity index (χ4n) is 1.91. The molecule has 17 heavy (non-hydrogen) atoms. The van der Waals surface area contributed by atoms with Crippen LogP contribution >= 0.6 is 11.6 Å². The maximum Gasteiger partial charge on any atom is 0.0441 e. The molecule has 0 aromatic heterocycles. The summed E-state index contributed by atoms with van der Waals surface area (Å²) in [4.78, 5) is 0. The lowest BCUT2D eigenvalue weighted by Gasteiger charge is -2.10. The molecule has 0 aliphatic rings. The number of halogens is 1. The van der Waals surface area contributed by atoms with E-state index in [1.807, 2.05) is 20.0 Å². The Kier molecular flexibility index (Phi) is 3.82. The Morgan fingerprint density at radius 3 is 2.59 bits per heavy atom. The minimum absolute atomic E-state index is 0.821. The standard InChI is InChI=1S/C15H16ClN/c1-11-7-8-12(9-15(11)16)14-6-4-3-5-13(14)10-17-2/h3-9,17H,10H2,1-2H3. The molecule has 0 fully saturated rings. The Bertz CT molecular complexity index is 520. The van der Waals surface area contributed by atoms with E-state index < -0.39 is 0 Å². The monoisotopic (exact) mass is 245 g/mol. The van der Waals surface area contributed by atoms with Gasteiger partial charge in [-0.15, -0.1) is 0 Å². The molecule has 2 aromatic carbocycles. The number of hydrogen-bond donors (Lipinski definition) is 1. The van der Waals surface area contributed by atoms with Gasteiger partial charge in [0.05, 0.1) is 0 Å². The summed E-state index contributed by atoms with van der Waals surface area (Å²) in [5.41, 5.74) is 4.81. The van der Waals surface area contributed by atoms with Gasteiger partial charge in [0, 0.05) is 11.6 Å². The molecule has 0 saturated carbocycles. The van der Waals surface area contributed by atoms with Gasteiger partial charge in [-0.05, 0) is 42.3 Å². The van der Waals surface area contributed by atoms with Crippen molar-refractivity contribution >= 4 is 11.6 Å². The van der Waals surface area contributed by atoms with Crippen molar-refractivity contribution in [1.82, 2.24) is 5.32 Å². The minimum atomic E-state index is 0.821. The van der Waals surface area contributed by atoms with E-state index in [0.717, 1.165) is 17.1 Å². The zero-order valence-corrected chi connectivity index (χ0v) is 10.9. The summed E-state index contributed by atoms with van der Waals surface area (Å²) in [5.74, 6) is 0. The molecule has 2 rings (SSSR count). The fraction of sp³-hybridized carbons (Fsp3) is 0.200. The molecular formula is C15H16ClN. The van der Waals surface area contributed by atoms with Gasteiger partial charge in [-0.25, -0.2) is 0 Å². The lowest BCUT2D eigenvalue weighted by atomic mass is 9.99. The number of rotatable bonds is 3. The van der Waals surface area contributed by atoms with E-state index in [2.05, 4.69) is 41.7 Å². The number of benzene rings is 2. The smallest absolute Gasteiger partial charge is 0.0441 e. The molecule has 0 heterocycles. The third-order valence-electron chi connectivity index (χ3n) is 2.87. The van der Waals surface area contributed by atoms with E-state index in [4.69, 9.17) is 11.6 Å². The molecule has 2 heteroatoms. The second-order valence-corrected chi connectivity index (χ2v) is 4.56. The molecule has 1 N–H and O–H groups in total. The van der Waals surface area contributed by atoms with Crippen LogP contribution in [-0.2, 0) is 6.54 Å². The largest absolute Gasteiger partial charge is 0.316 e. The van der Waals surface area contributed by atoms with Crippen molar-refractivity contribution in [1.29, 1.82) is 0 Å². The van der Waals surface area contributed by atoms with E-state index in [1.165, 1.54) is 16.7 Å². The first kappa shape index (κ1) is 12.2. The van der Waals surface area contributed by atoms with Gasteiger partial charge in [0.2, 0.25) is 0 Å². The summed E-state index contributed by atoms with van der Waals surface area (Å²) in [6, 6.07) is 14.6. The third-order valence-corrected chi connectivity index (χ3v) is 3.27. The van der Waals surface area contributed by atoms with Gasteiger partial charge >= 0.3 is 0 Å². The highest BCUT2D eigenvalue weighted by Crippen LogP contribution is 2.27. The molecule has 1 nitrogen and oxygen atoms in total. The van der Waals surface area contributed by atoms with Gasteiger partial charge in [0.1, 0.15) is 0 Å². The predicted molar refractivity (Wildman–Crippen MR) is 74.4 cm³/mol. The van der Waals surface area contributed by atoms with Gasteiger partial charge in [-0.1, -0.05) is 48.0 Å². The van der Waals surface area contributed by atoms with Gasteiger partial charge in [-0.2, -0.15) is 0 Å². The van der Waals surface area contributed by atoms with Crippen LogP contribution in [-0.4, -0.2) is 7.05 Å². The van der Waals surface area contributed by atoms with Crippen LogP contribution in [0, 0.1) is 6.92 Å². The molecule has 0 spiro atoms. The quantitative estimate of drug-likeness (QED) is 0.861. The molecule has 2 aromatic rings. The zero-order valence-electron chi connectivity index (χ0n) is 10.1. The highest BCUT2D eigenvalue weighted by molar-refractivity contribution is 6.31. The topological polar surface area (TPSA) is 12.0 Å². The maximum absolute atomic E-state index is 6.18. The van der Waals surface area contributed by atoms with E-state index in [9.17, 15) is 0 Å². The van der Waals surface area contributed by atoms with Crippen molar-refractivity contribution < 1.29 is 0 Å². The molecule has 0 amide bonds. The fourth-order valence-corrected chi connectivity index (χ4v) is 2.09.